The molecule has 0 aliphatic rings. The van der Waals surface area contributed by atoms with Crippen molar-refractivity contribution in [3.63, 3.8) is 0 Å². The molecule has 5 heterocycles. The molecule has 0 N–H and O–H groups in total. The Labute approximate surface area is 524 Å². The Bertz CT molecular complexity index is 4750. The maximum Gasteiger partial charge on any atom is 0.166 e. The van der Waals surface area contributed by atoms with Gasteiger partial charge in [0.05, 0.1) is 39.5 Å². The van der Waals surface area contributed by atoms with Crippen LogP contribution in [0, 0.1) is 0 Å². The molecule has 0 radical (unpaired) electrons. The van der Waals surface area contributed by atoms with Crippen LogP contribution < -0.4 is 0 Å². The Hall–Kier alpha value is -12.6. The van der Waals surface area contributed by atoms with E-state index < -0.39 is 0 Å². The summed E-state index contributed by atoms with van der Waals surface area (Å²) >= 11 is 0. The van der Waals surface area contributed by atoms with E-state index in [1.54, 1.807) is 0 Å². The van der Waals surface area contributed by atoms with Crippen molar-refractivity contribution in [2.75, 3.05) is 0 Å². The number of fused-ring (bicyclic) bond motifs is 3. The first kappa shape index (κ1) is 53.8. The lowest BCUT2D eigenvalue weighted by atomic mass is 10.0. The lowest BCUT2D eigenvalue weighted by Crippen LogP contribution is -2.07. The fourth-order valence-electron chi connectivity index (χ4n) is 11.7. The van der Waals surface area contributed by atoms with Crippen LogP contribution in [-0.4, -0.2) is 54.4 Å². The van der Waals surface area contributed by atoms with Crippen LogP contribution >= 0.6 is 0 Å². The third kappa shape index (κ3) is 10.6. The number of hydrogen-bond donors (Lipinski definition) is 0. The van der Waals surface area contributed by atoms with Crippen LogP contribution in [0.25, 0.3) is 164 Å². The first-order chi connectivity index (χ1) is 45.1. The predicted molar refractivity (Wildman–Crippen MR) is 364 cm³/mol. The van der Waals surface area contributed by atoms with Gasteiger partial charge in [0.1, 0.15) is 0 Å². The molecule has 91 heavy (non-hydrogen) atoms. The predicted octanol–water partition coefficient (Wildman–Crippen LogP) is 18.7. The van der Waals surface area contributed by atoms with E-state index in [1.807, 2.05) is 200 Å². The van der Waals surface area contributed by atoms with Gasteiger partial charge in [-0.25, -0.2) is 49.8 Å². The van der Waals surface area contributed by atoms with E-state index in [0.717, 1.165) is 106 Å². The number of hydrogen-bond acceptors (Lipinski definition) is 10. The highest BCUT2D eigenvalue weighted by atomic mass is 15.1. The van der Waals surface area contributed by atoms with Crippen molar-refractivity contribution >= 4 is 21.8 Å². The molecular weight excluding hydrogens is 1110 g/mol. The first-order valence-corrected chi connectivity index (χ1v) is 30.1. The van der Waals surface area contributed by atoms with E-state index in [0.29, 0.717) is 57.7 Å². The van der Waals surface area contributed by atoms with Gasteiger partial charge >= 0.3 is 0 Å². The molecule has 0 bridgehead atoms. The summed E-state index contributed by atoms with van der Waals surface area (Å²) in [5, 5.41) is 1.84. The van der Waals surface area contributed by atoms with Crippen molar-refractivity contribution in [1.29, 1.82) is 0 Å². The second-order valence-corrected chi connectivity index (χ2v) is 22.0. The summed E-state index contributed by atoms with van der Waals surface area (Å²) in [5.74, 6) is 4.15. The minimum Gasteiger partial charge on any atom is -0.308 e. The second-order valence-electron chi connectivity index (χ2n) is 22.0. The summed E-state index contributed by atoms with van der Waals surface area (Å²) in [7, 11) is 0. The molecule has 0 saturated heterocycles. The third-order valence-electron chi connectivity index (χ3n) is 16.2. The second kappa shape index (κ2) is 23.6. The number of aromatic nitrogens is 11. The fourth-order valence-corrected chi connectivity index (χ4v) is 11.7. The van der Waals surface area contributed by atoms with Gasteiger partial charge in [0, 0.05) is 77.5 Å². The fraction of sp³-hybridized carbons (Fsp3) is 0. The molecule has 11 aromatic carbocycles. The van der Waals surface area contributed by atoms with Crippen LogP contribution in [0.1, 0.15) is 0 Å². The van der Waals surface area contributed by atoms with Crippen molar-refractivity contribution in [2.24, 2.45) is 0 Å². The SMILES string of the molecule is c1ccc(-c2cc(-c3ccccc3)nc(-c3ccc4c(c3)c3cc(-c5nc(-c6ccccc6)cc(-c6ccccc6)n5)ccc3n4-c3c(-c4nc(-c5ccccc5)nc(-c5ccccc5)n4)cccc3-c3nc(-c4ccccc4)nc(-c4ccccc4)n3)n2)cc1. The van der Waals surface area contributed by atoms with Crippen LogP contribution in [-0.2, 0) is 0 Å². The minimum absolute atomic E-state index is 0.451. The van der Waals surface area contributed by atoms with Crippen LogP contribution in [0.4, 0.5) is 0 Å². The van der Waals surface area contributed by atoms with Crippen LogP contribution in [0.2, 0.25) is 0 Å². The molecule has 0 amide bonds. The summed E-state index contributed by atoms with van der Waals surface area (Å²) in [5.41, 5.74) is 16.1. The molecule has 16 aromatic rings. The number of benzene rings is 11. The van der Waals surface area contributed by atoms with Crippen molar-refractivity contribution < 1.29 is 0 Å². The lowest BCUT2D eigenvalue weighted by molar-refractivity contribution is 1.05. The zero-order chi connectivity index (χ0) is 60.5. The zero-order valence-electron chi connectivity index (χ0n) is 48.9. The molecule has 0 fully saturated rings. The number of nitrogens with zero attached hydrogens (tertiary/aromatic N) is 11. The van der Waals surface area contributed by atoms with E-state index in [2.05, 4.69) is 114 Å². The van der Waals surface area contributed by atoms with Crippen molar-refractivity contribution in [3.8, 4) is 142 Å². The summed E-state index contributed by atoms with van der Waals surface area (Å²) in [6.45, 7) is 0. The molecule has 0 atom stereocenters. The Morgan fingerprint density at radius 1 is 0.176 bits per heavy atom. The van der Waals surface area contributed by atoms with Gasteiger partial charge in [-0.15, -0.1) is 0 Å². The molecule has 0 unspecified atom stereocenters. The standard InChI is InChI=1S/C80H51N11/c1-9-26-52(27-10-1)66-50-67(53-28-11-2-12-29-53)82-77(81-66)60-44-46-70-64(48-60)65-49-61(78-83-68(54-30-13-3-14-31-54)51-69(84-78)55-32-15-4-16-33-55)45-47-71(65)91(70)72-62(79-87-73(56-34-17-5-18-35-56)85-74(88-79)57-36-19-6-20-37-57)42-25-43-63(72)80-89-75(58-38-21-7-22-39-58)86-76(90-80)59-40-23-8-24-41-59/h1-51H. The maximum absolute atomic E-state index is 5.41. The van der Waals surface area contributed by atoms with Gasteiger partial charge < -0.3 is 4.57 Å². The average molecular weight is 1170 g/mol. The molecule has 0 aliphatic heterocycles. The van der Waals surface area contributed by atoms with Crippen LogP contribution in [0.3, 0.4) is 0 Å². The van der Waals surface area contributed by atoms with Gasteiger partial charge in [-0.3, -0.25) is 0 Å². The highest BCUT2D eigenvalue weighted by molar-refractivity contribution is 6.12. The summed E-state index contributed by atoms with van der Waals surface area (Å²) < 4.78 is 2.30. The minimum atomic E-state index is 0.451. The molecule has 0 spiro atoms. The Morgan fingerprint density at radius 3 is 0.692 bits per heavy atom. The number of para-hydroxylation sites is 1. The topological polar surface area (TPSA) is 134 Å². The first-order valence-electron chi connectivity index (χ1n) is 30.1. The van der Waals surface area contributed by atoms with Crippen molar-refractivity contribution in [3.05, 3.63) is 309 Å². The Balaban J connectivity index is 1.01. The molecule has 11 nitrogen and oxygen atoms in total. The van der Waals surface area contributed by atoms with E-state index in [4.69, 9.17) is 49.8 Å². The van der Waals surface area contributed by atoms with Gasteiger partial charge in [0.2, 0.25) is 0 Å². The smallest absolute Gasteiger partial charge is 0.166 e. The van der Waals surface area contributed by atoms with Crippen LogP contribution in [0.15, 0.2) is 309 Å². The van der Waals surface area contributed by atoms with Crippen LogP contribution in [0.5, 0.6) is 0 Å². The normalized spacial score (nSPS) is 11.3. The molecule has 0 saturated carbocycles. The van der Waals surface area contributed by atoms with E-state index in [1.165, 1.54) is 0 Å². The summed E-state index contributed by atoms with van der Waals surface area (Å²) in [4.78, 5) is 53.4. The molecule has 0 aliphatic carbocycles. The van der Waals surface area contributed by atoms with Gasteiger partial charge in [0.25, 0.3) is 0 Å². The monoisotopic (exact) mass is 1170 g/mol. The largest absolute Gasteiger partial charge is 0.308 e. The molecular formula is C80H51N11. The van der Waals surface area contributed by atoms with Crippen molar-refractivity contribution in [1.82, 2.24) is 54.4 Å². The maximum atomic E-state index is 5.41. The lowest BCUT2D eigenvalue weighted by Gasteiger charge is -2.19. The highest BCUT2D eigenvalue weighted by Gasteiger charge is 2.27. The van der Waals surface area contributed by atoms with E-state index >= 15 is 0 Å². The van der Waals surface area contributed by atoms with E-state index in [9.17, 15) is 0 Å². The quantitative estimate of drug-likeness (QED) is 0.110. The molecule has 16 rings (SSSR count). The van der Waals surface area contributed by atoms with Gasteiger partial charge in [-0.1, -0.05) is 249 Å². The van der Waals surface area contributed by atoms with Gasteiger partial charge in [-0.2, -0.15) is 0 Å². The number of rotatable bonds is 13. The molecule has 11 heteroatoms. The van der Waals surface area contributed by atoms with E-state index in [-0.39, 0.29) is 0 Å². The molecule has 426 valence electrons. The van der Waals surface area contributed by atoms with Gasteiger partial charge in [0.15, 0.2) is 46.6 Å². The summed E-state index contributed by atoms with van der Waals surface area (Å²) in [6.07, 6.45) is 0. The highest BCUT2D eigenvalue weighted by Crippen LogP contribution is 2.44. The zero-order valence-corrected chi connectivity index (χ0v) is 48.9. The Morgan fingerprint density at radius 2 is 0.418 bits per heavy atom. The Kier molecular flexibility index (Phi) is 14.0. The summed E-state index contributed by atoms with van der Waals surface area (Å²) in [6, 6.07) is 105. The molecule has 5 aromatic heterocycles. The van der Waals surface area contributed by atoms with Gasteiger partial charge in [-0.05, 0) is 60.7 Å². The average Bonchev–Trinajstić information content (AvgIpc) is 1.79. The van der Waals surface area contributed by atoms with Crippen molar-refractivity contribution in [2.45, 2.75) is 0 Å². The third-order valence-corrected chi connectivity index (χ3v) is 16.2.